The van der Waals surface area contributed by atoms with Crippen LogP contribution in [0.1, 0.15) is 5.01 Å². The fourth-order valence-corrected chi connectivity index (χ4v) is 2.51. The highest BCUT2D eigenvalue weighted by Crippen LogP contribution is 2.27. The third-order valence-corrected chi connectivity index (χ3v) is 3.62. The topological polar surface area (TPSA) is 50.9 Å². The van der Waals surface area contributed by atoms with Crippen molar-refractivity contribution >= 4 is 11.3 Å². The average molecular weight is 257 g/mol. The van der Waals surface area contributed by atoms with Gasteiger partial charge in [0.2, 0.25) is 0 Å². The summed E-state index contributed by atoms with van der Waals surface area (Å²) in [7, 11) is 0. The third-order valence-electron chi connectivity index (χ3n) is 2.59. The molecule has 18 heavy (non-hydrogen) atoms. The van der Waals surface area contributed by atoms with E-state index in [1.807, 2.05) is 35.1 Å². The Hall–Kier alpha value is -1.98. The van der Waals surface area contributed by atoms with E-state index in [0.29, 0.717) is 0 Å². The number of hydrogen-bond acceptors (Lipinski definition) is 4. The first-order chi connectivity index (χ1) is 8.86. The minimum absolute atomic E-state index is 0.0104. The second kappa shape index (κ2) is 4.72. The Bertz CT molecular complexity index is 646. The maximum Gasteiger partial charge on any atom is 0.119 e. The first-order valence-corrected chi connectivity index (χ1v) is 6.34. The molecule has 0 aliphatic heterocycles. The molecule has 4 nitrogen and oxygen atoms in total. The van der Waals surface area contributed by atoms with E-state index in [1.54, 1.807) is 12.4 Å². The lowest BCUT2D eigenvalue weighted by Crippen LogP contribution is -1.93. The van der Waals surface area contributed by atoms with Crippen LogP contribution in [0.25, 0.3) is 16.1 Å². The number of rotatable bonds is 3. The van der Waals surface area contributed by atoms with E-state index in [9.17, 15) is 0 Å². The van der Waals surface area contributed by atoms with Gasteiger partial charge in [-0.3, -0.25) is 0 Å². The van der Waals surface area contributed by atoms with E-state index in [0.717, 1.165) is 21.1 Å². The smallest absolute Gasteiger partial charge is 0.119 e. The van der Waals surface area contributed by atoms with Gasteiger partial charge < -0.3 is 5.11 Å². The third kappa shape index (κ3) is 2.05. The highest BCUT2D eigenvalue weighted by atomic mass is 32.1. The summed E-state index contributed by atoms with van der Waals surface area (Å²) < 4.78 is 1.82. The van der Waals surface area contributed by atoms with Crippen molar-refractivity contribution in [1.29, 1.82) is 0 Å². The molecule has 3 rings (SSSR count). The van der Waals surface area contributed by atoms with Crippen LogP contribution >= 0.6 is 11.3 Å². The molecule has 0 radical (unpaired) electrons. The molecule has 0 spiro atoms. The van der Waals surface area contributed by atoms with Gasteiger partial charge in [-0.25, -0.2) is 9.67 Å². The van der Waals surface area contributed by atoms with Gasteiger partial charge >= 0.3 is 0 Å². The van der Waals surface area contributed by atoms with Crippen LogP contribution in [0.3, 0.4) is 0 Å². The minimum atomic E-state index is -0.0104. The average Bonchev–Trinajstić information content (AvgIpc) is 3.10. The van der Waals surface area contributed by atoms with Gasteiger partial charge in [-0.05, 0) is 23.8 Å². The van der Waals surface area contributed by atoms with E-state index in [2.05, 4.69) is 16.1 Å². The highest BCUT2D eigenvalue weighted by molar-refractivity contribution is 7.15. The number of benzene rings is 1. The molecule has 0 saturated heterocycles. The molecule has 5 heteroatoms. The number of hydrogen-bond donors (Lipinski definition) is 1. The van der Waals surface area contributed by atoms with Crippen LogP contribution in [-0.4, -0.2) is 19.9 Å². The van der Waals surface area contributed by atoms with Crippen molar-refractivity contribution in [2.75, 3.05) is 0 Å². The van der Waals surface area contributed by atoms with Crippen LogP contribution < -0.4 is 0 Å². The van der Waals surface area contributed by atoms with Crippen molar-refractivity contribution in [2.24, 2.45) is 0 Å². The molecule has 2 heterocycles. The van der Waals surface area contributed by atoms with E-state index >= 15 is 0 Å². The van der Waals surface area contributed by atoms with Gasteiger partial charge in [-0.1, -0.05) is 12.1 Å². The zero-order chi connectivity index (χ0) is 12.4. The Labute approximate surface area is 108 Å². The predicted octanol–water partition coefficient (Wildman–Crippen LogP) is 2.49. The Morgan fingerprint density at radius 2 is 2.22 bits per heavy atom. The van der Waals surface area contributed by atoms with Crippen LogP contribution in [0.4, 0.5) is 0 Å². The molecule has 0 amide bonds. The molecule has 0 bridgehead atoms. The second-order valence-electron chi connectivity index (χ2n) is 3.78. The molecule has 90 valence electrons. The van der Waals surface area contributed by atoms with Gasteiger partial charge in [0.05, 0.1) is 17.2 Å². The molecular weight excluding hydrogens is 246 g/mol. The van der Waals surface area contributed by atoms with Gasteiger partial charge in [0.1, 0.15) is 5.01 Å². The predicted molar refractivity (Wildman–Crippen MR) is 70.6 cm³/mol. The zero-order valence-corrected chi connectivity index (χ0v) is 10.3. The van der Waals surface area contributed by atoms with Crippen LogP contribution in [-0.2, 0) is 6.61 Å². The Morgan fingerprint density at radius 1 is 1.28 bits per heavy atom. The van der Waals surface area contributed by atoms with Crippen molar-refractivity contribution in [2.45, 2.75) is 6.61 Å². The summed E-state index contributed by atoms with van der Waals surface area (Å²) in [6, 6.07) is 9.97. The maximum absolute atomic E-state index is 9.04. The Morgan fingerprint density at radius 3 is 2.94 bits per heavy atom. The quantitative estimate of drug-likeness (QED) is 0.784. The number of nitrogens with zero attached hydrogens (tertiary/aromatic N) is 3. The number of aliphatic hydroxyl groups is 1. The number of aromatic nitrogens is 3. The summed E-state index contributed by atoms with van der Waals surface area (Å²) in [5.41, 5.74) is 2.09. The molecule has 0 atom stereocenters. The zero-order valence-electron chi connectivity index (χ0n) is 9.52. The molecule has 0 unspecified atom stereocenters. The van der Waals surface area contributed by atoms with E-state index in [4.69, 9.17) is 5.11 Å². The summed E-state index contributed by atoms with van der Waals surface area (Å²) in [4.78, 5) is 5.20. The van der Waals surface area contributed by atoms with Gasteiger partial charge in [0, 0.05) is 18.6 Å². The van der Waals surface area contributed by atoms with Crippen molar-refractivity contribution in [3.63, 3.8) is 0 Å². The standard InChI is InChI=1S/C13H11N3OS/c17-9-13-14-8-12(18-13)10-3-1-4-11(7-10)16-6-2-5-15-16/h1-8,17H,9H2. The van der Waals surface area contributed by atoms with E-state index in [-0.39, 0.29) is 6.61 Å². The molecule has 3 aromatic rings. The first kappa shape index (κ1) is 11.1. The van der Waals surface area contributed by atoms with Crippen LogP contribution in [0.15, 0.2) is 48.9 Å². The van der Waals surface area contributed by atoms with Gasteiger partial charge in [-0.2, -0.15) is 5.10 Å². The molecule has 2 aromatic heterocycles. The van der Waals surface area contributed by atoms with Gasteiger partial charge in [-0.15, -0.1) is 11.3 Å². The summed E-state index contributed by atoms with van der Waals surface area (Å²) in [6.45, 7) is -0.0104. The number of aliphatic hydroxyl groups excluding tert-OH is 1. The highest BCUT2D eigenvalue weighted by Gasteiger charge is 2.05. The van der Waals surface area contributed by atoms with Crippen LogP contribution in [0, 0.1) is 0 Å². The lowest BCUT2D eigenvalue weighted by atomic mass is 10.2. The summed E-state index contributed by atoms with van der Waals surface area (Å²) >= 11 is 1.50. The fourth-order valence-electron chi connectivity index (χ4n) is 1.74. The fraction of sp³-hybridized carbons (Fsp3) is 0.0769. The van der Waals surface area contributed by atoms with Crippen LogP contribution in [0.2, 0.25) is 0 Å². The molecule has 1 aromatic carbocycles. The lowest BCUT2D eigenvalue weighted by molar-refractivity contribution is 0.281. The largest absolute Gasteiger partial charge is 0.389 e. The van der Waals surface area contributed by atoms with E-state index in [1.165, 1.54) is 11.3 Å². The second-order valence-corrected chi connectivity index (χ2v) is 4.89. The molecule has 0 saturated carbocycles. The van der Waals surface area contributed by atoms with Crippen molar-refractivity contribution in [1.82, 2.24) is 14.8 Å². The van der Waals surface area contributed by atoms with Gasteiger partial charge in [0.15, 0.2) is 0 Å². The van der Waals surface area contributed by atoms with E-state index < -0.39 is 0 Å². The maximum atomic E-state index is 9.04. The molecule has 0 aliphatic carbocycles. The summed E-state index contributed by atoms with van der Waals surface area (Å²) in [6.07, 6.45) is 5.45. The number of thiazole rings is 1. The lowest BCUT2D eigenvalue weighted by Gasteiger charge is -2.03. The first-order valence-electron chi connectivity index (χ1n) is 5.53. The van der Waals surface area contributed by atoms with Crippen LogP contribution in [0.5, 0.6) is 0 Å². The molecule has 0 fully saturated rings. The van der Waals surface area contributed by atoms with Crippen molar-refractivity contribution in [3.8, 4) is 16.1 Å². The Balaban J connectivity index is 2.00. The SMILES string of the molecule is OCc1ncc(-c2cccc(-n3cccn3)c2)s1. The Kier molecular flexibility index (Phi) is 2.92. The minimum Gasteiger partial charge on any atom is -0.389 e. The molecule has 1 N–H and O–H groups in total. The monoisotopic (exact) mass is 257 g/mol. The summed E-state index contributed by atoms with van der Waals surface area (Å²) in [5.74, 6) is 0. The molecular formula is C13H11N3OS. The van der Waals surface area contributed by atoms with Crippen molar-refractivity contribution in [3.05, 3.63) is 53.9 Å². The summed E-state index contributed by atoms with van der Waals surface area (Å²) in [5, 5.41) is 14.0. The van der Waals surface area contributed by atoms with Gasteiger partial charge in [0.25, 0.3) is 0 Å². The normalized spacial score (nSPS) is 10.7. The van der Waals surface area contributed by atoms with Crippen molar-refractivity contribution < 1.29 is 5.11 Å². The molecule has 0 aliphatic rings.